The Labute approximate surface area is 109 Å². The maximum absolute atomic E-state index is 5.73. The Morgan fingerprint density at radius 1 is 1.21 bits per heavy atom. The molecule has 6 heteroatoms. The fourth-order valence-corrected chi connectivity index (χ4v) is 1.85. The van der Waals surface area contributed by atoms with Crippen LogP contribution in [0.3, 0.4) is 0 Å². The minimum atomic E-state index is 0.612. The van der Waals surface area contributed by atoms with E-state index in [-0.39, 0.29) is 0 Å². The third kappa shape index (κ3) is 2.62. The number of fused-ring (bicyclic) bond motifs is 1. The molecule has 0 unspecified atom stereocenters. The fraction of sp³-hybridized carbons (Fsp3) is 0.154. The van der Waals surface area contributed by atoms with Crippen LogP contribution < -0.4 is 11.1 Å². The third-order valence-corrected chi connectivity index (χ3v) is 2.77. The SMILES string of the molecule is Nc1ccc2nc(NCCc3ncno3)ccc2c1. The number of nitrogens with two attached hydrogens (primary N) is 1. The van der Waals surface area contributed by atoms with Gasteiger partial charge in [-0.05, 0) is 30.3 Å². The van der Waals surface area contributed by atoms with Gasteiger partial charge in [0.2, 0.25) is 5.89 Å². The van der Waals surface area contributed by atoms with Crippen molar-refractivity contribution in [2.24, 2.45) is 0 Å². The number of hydrogen-bond donors (Lipinski definition) is 2. The summed E-state index contributed by atoms with van der Waals surface area (Å²) < 4.78 is 4.92. The molecule has 0 saturated heterocycles. The lowest BCUT2D eigenvalue weighted by Crippen LogP contribution is -2.06. The minimum Gasteiger partial charge on any atom is -0.399 e. The molecular formula is C13H13N5O. The lowest BCUT2D eigenvalue weighted by Gasteiger charge is -2.05. The molecule has 0 aliphatic carbocycles. The van der Waals surface area contributed by atoms with Crippen LogP contribution in [0.15, 0.2) is 41.2 Å². The first-order valence-corrected chi connectivity index (χ1v) is 5.97. The summed E-state index contributed by atoms with van der Waals surface area (Å²) in [5.74, 6) is 1.43. The van der Waals surface area contributed by atoms with Crippen LogP contribution in [0, 0.1) is 0 Å². The van der Waals surface area contributed by atoms with Gasteiger partial charge in [-0.3, -0.25) is 0 Å². The predicted octanol–water partition coefficient (Wildman–Crippen LogP) is 1.85. The van der Waals surface area contributed by atoms with E-state index >= 15 is 0 Å². The Morgan fingerprint density at radius 3 is 3.00 bits per heavy atom. The summed E-state index contributed by atoms with van der Waals surface area (Å²) in [6, 6.07) is 9.58. The molecule has 0 saturated carbocycles. The Hall–Kier alpha value is -2.63. The molecule has 3 aromatic rings. The molecule has 0 aliphatic rings. The summed E-state index contributed by atoms with van der Waals surface area (Å²) in [5.41, 5.74) is 7.39. The normalized spacial score (nSPS) is 10.7. The van der Waals surface area contributed by atoms with Gasteiger partial charge >= 0.3 is 0 Å². The zero-order chi connectivity index (χ0) is 13.1. The van der Waals surface area contributed by atoms with Gasteiger partial charge < -0.3 is 15.6 Å². The summed E-state index contributed by atoms with van der Waals surface area (Å²) >= 11 is 0. The van der Waals surface area contributed by atoms with Gasteiger partial charge in [-0.2, -0.15) is 4.98 Å². The van der Waals surface area contributed by atoms with Gasteiger partial charge in [-0.15, -0.1) is 0 Å². The van der Waals surface area contributed by atoms with Crippen molar-refractivity contribution in [3.05, 3.63) is 42.5 Å². The Morgan fingerprint density at radius 2 is 2.16 bits per heavy atom. The molecule has 2 aromatic heterocycles. The quantitative estimate of drug-likeness (QED) is 0.691. The molecule has 0 spiro atoms. The standard InChI is InChI=1S/C13H13N5O/c14-10-2-3-11-9(7-10)1-4-12(18-11)15-6-5-13-16-8-17-19-13/h1-4,7-8H,5-6,14H2,(H,15,18). The van der Waals surface area contributed by atoms with Crippen LogP contribution in [0.2, 0.25) is 0 Å². The number of aromatic nitrogens is 3. The molecule has 19 heavy (non-hydrogen) atoms. The van der Waals surface area contributed by atoms with E-state index in [0.717, 1.165) is 22.4 Å². The highest BCUT2D eigenvalue weighted by Crippen LogP contribution is 2.17. The average Bonchev–Trinajstić information content (AvgIpc) is 2.92. The minimum absolute atomic E-state index is 0.612. The van der Waals surface area contributed by atoms with Crippen molar-refractivity contribution in [1.29, 1.82) is 0 Å². The lowest BCUT2D eigenvalue weighted by atomic mass is 10.2. The molecule has 0 amide bonds. The number of nitrogens with one attached hydrogen (secondary N) is 1. The van der Waals surface area contributed by atoms with Gasteiger partial charge in [0.05, 0.1) is 5.52 Å². The number of nitrogen functional groups attached to an aromatic ring is 1. The maximum atomic E-state index is 5.73. The first kappa shape index (κ1) is 11.5. The summed E-state index contributed by atoms with van der Waals surface area (Å²) in [4.78, 5) is 8.46. The molecule has 0 atom stereocenters. The fourth-order valence-electron chi connectivity index (χ4n) is 1.85. The van der Waals surface area contributed by atoms with Crippen molar-refractivity contribution in [1.82, 2.24) is 15.1 Å². The number of nitrogens with zero attached hydrogens (tertiary/aromatic N) is 3. The molecule has 0 aliphatic heterocycles. The molecule has 0 bridgehead atoms. The predicted molar refractivity (Wildman–Crippen MR) is 72.6 cm³/mol. The molecule has 3 N–H and O–H groups in total. The highest BCUT2D eigenvalue weighted by atomic mass is 16.5. The van der Waals surface area contributed by atoms with Crippen molar-refractivity contribution in [2.75, 3.05) is 17.6 Å². The summed E-state index contributed by atoms with van der Waals surface area (Å²) in [6.07, 6.45) is 2.06. The highest BCUT2D eigenvalue weighted by Gasteiger charge is 2.01. The molecule has 6 nitrogen and oxygen atoms in total. The van der Waals surface area contributed by atoms with E-state index in [9.17, 15) is 0 Å². The second-order valence-corrected chi connectivity index (χ2v) is 4.16. The number of pyridine rings is 1. The van der Waals surface area contributed by atoms with E-state index in [2.05, 4.69) is 20.4 Å². The van der Waals surface area contributed by atoms with Crippen LogP contribution in [0.4, 0.5) is 11.5 Å². The van der Waals surface area contributed by atoms with E-state index in [1.165, 1.54) is 6.33 Å². The van der Waals surface area contributed by atoms with Crippen LogP contribution in [0.5, 0.6) is 0 Å². The number of benzene rings is 1. The monoisotopic (exact) mass is 255 g/mol. The van der Waals surface area contributed by atoms with Crippen molar-refractivity contribution < 1.29 is 4.52 Å². The second kappa shape index (κ2) is 4.93. The van der Waals surface area contributed by atoms with Gasteiger partial charge in [0, 0.05) is 24.0 Å². The molecule has 0 fully saturated rings. The lowest BCUT2D eigenvalue weighted by molar-refractivity contribution is 0.379. The van der Waals surface area contributed by atoms with E-state index in [0.29, 0.717) is 18.9 Å². The Bertz CT molecular complexity index is 681. The topological polar surface area (TPSA) is 89.9 Å². The number of anilines is 2. The van der Waals surface area contributed by atoms with Gasteiger partial charge in [-0.25, -0.2) is 4.98 Å². The zero-order valence-electron chi connectivity index (χ0n) is 10.2. The van der Waals surface area contributed by atoms with E-state index in [1.807, 2.05) is 30.3 Å². The van der Waals surface area contributed by atoms with Gasteiger partial charge in [-0.1, -0.05) is 5.16 Å². The van der Waals surface area contributed by atoms with Crippen molar-refractivity contribution >= 4 is 22.4 Å². The summed E-state index contributed by atoms with van der Waals surface area (Å²) in [5, 5.41) is 7.81. The van der Waals surface area contributed by atoms with Gasteiger partial charge in [0.1, 0.15) is 5.82 Å². The molecular weight excluding hydrogens is 242 g/mol. The van der Waals surface area contributed by atoms with Crippen LogP contribution in [0.25, 0.3) is 10.9 Å². The van der Waals surface area contributed by atoms with Crippen LogP contribution in [-0.4, -0.2) is 21.7 Å². The zero-order valence-corrected chi connectivity index (χ0v) is 10.2. The highest BCUT2D eigenvalue weighted by molar-refractivity contribution is 5.83. The van der Waals surface area contributed by atoms with E-state index in [1.54, 1.807) is 0 Å². The molecule has 0 radical (unpaired) electrons. The molecule has 1 aromatic carbocycles. The van der Waals surface area contributed by atoms with Crippen LogP contribution in [-0.2, 0) is 6.42 Å². The first-order chi connectivity index (χ1) is 9.31. The molecule has 3 rings (SSSR count). The van der Waals surface area contributed by atoms with Crippen molar-refractivity contribution in [3.63, 3.8) is 0 Å². The second-order valence-electron chi connectivity index (χ2n) is 4.16. The summed E-state index contributed by atoms with van der Waals surface area (Å²) in [7, 11) is 0. The van der Waals surface area contributed by atoms with Gasteiger partial charge in [0.25, 0.3) is 0 Å². The smallest absolute Gasteiger partial charge is 0.228 e. The first-order valence-electron chi connectivity index (χ1n) is 5.97. The van der Waals surface area contributed by atoms with Crippen molar-refractivity contribution in [3.8, 4) is 0 Å². The van der Waals surface area contributed by atoms with Crippen molar-refractivity contribution in [2.45, 2.75) is 6.42 Å². The third-order valence-electron chi connectivity index (χ3n) is 2.77. The number of rotatable bonds is 4. The van der Waals surface area contributed by atoms with E-state index in [4.69, 9.17) is 10.3 Å². The number of hydrogen-bond acceptors (Lipinski definition) is 6. The average molecular weight is 255 g/mol. The maximum Gasteiger partial charge on any atom is 0.228 e. The Balaban J connectivity index is 1.69. The molecule has 2 heterocycles. The Kier molecular flexibility index (Phi) is 2.97. The van der Waals surface area contributed by atoms with Gasteiger partial charge in [0.15, 0.2) is 6.33 Å². The summed E-state index contributed by atoms with van der Waals surface area (Å²) in [6.45, 7) is 0.690. The van der Waals surface area contributed by atoms with E-state index < -0.39 is 0 Å². The largest absolute Gasteiger partial charge is 0.399 e. The van der Waals surface area contributed by atoms with Crippen LogP contribution in [0.1, 0.15) is 5.89 Å². The van der Waals surface area contributed by atoms with Crippen LogP contribution >= 0.6 is 0 Å². The molecule has 96 valence electrons.